The molecule has 0 spiro atoms. The van der Waals surface area contributed by atoms with Crippen LogP contribution in [0.4, 0.5) is 5.95 Å². The molecule has 6 rings (SSSR count). The maximum Gasteiger partial charge on any atom is 0.307 e. The second-order valence-electron chi connectivity index (χ2n) is 9.90. The van der Waals surface area contributed by atoms with Crippen LogP contribution < -0.4 is 19.9 Å². The van der Waals surface area contributed by atoms with Crippen molar-refractivity contribution in [3.8, 4) is 23.0 Å². The Morgan fingerprint density at radius 3 is 2.83 bits per heavy atom. The van der Waals surface area contributed by atoms with E-state index in [-0.39, 0.29) is 25.7 Å². The predicted octanol–water partition coefficient (Wildman–Crippen LogP) is 3.82. The molecule has 4 aromatic rings. The van der Waals surface area contributed by atoms with Gasteiger partial charge in [0.15, 0.2) is 17.2 Å². The molecule has 11 heteroatoms. The van der Waals surface area contributed by atoms with Crippen molar-refractivity contribution < 1.29 is 33.6 Å². The molecule has 0 bridgehead atoms. The lowest BCUT2D eigenvalue weighted by Gasteiger charge is -2.35. The van der Waals surface area contributed by atoms with E-state index < -0.39 is 12.0 Å². The Bertz CT molecular complexity index is 1630. The maximum absolute atomic E-state index is 13.7. The summed E-state index contributed by atoms with van der Waals surface area (Å²) in [7, 11) is 1.34. The van der Waals surface area contributed by atoms with Crippen LogP contribution >= 0.6 is 0 Å². The third-order valence-electron chi connectivity index (χ3n) is 7.47. The second-order valence-corrected chi connectivity index (χ2v) is 9.90. The van der Waals surface area contributed by atoms with Gasteiger partial charge >= 0.3 is 5.97 Å². The number of rotatable bonds is 9. The smallest absolute Gasteiger partial charge is 0.307 e. The Kier molecular flexibility index (Phi) is 7.10. The molecule has 3 aromatic carbocycles. The number of imidazole rings is 1. The van der Waals surface area contributed by atoms with Gasteiger partial charge in [0.25, 0.3) is 5.91 Å². The average molecular weight is 559 g/mol. The largest absolute Gasteiger partial charge is 0.469 e. The highest BCUT2D eigenvalue weighted by atomic mass is 16.7. The number of methoxy groups -OCH3 is 1. The fourth-order valence-electron chi connectivity index (χ4n) is 5.43. The molecule has 0 aliphatic carbocycles. The van der Waals surface area contributed by atoms with E-state index in [1.54, 1.807) is 23.1 Å². The predicted molar refractivity (Wildman–Crippen MR) is 149 cm³/mol. The van der Waals surface area contributed by atoms with Gasteiger partial charge in [0.1, 0.15) is 11.3 Å². The minimum atomic E-state index is -0.530. The van der Waals surface area contributed by atoms with E-state index in [1.807, 2.05) is 41.0 Å². The number of hydrogen-bond donors (Lipinski definition) is 2. The molecule has 0 fully saturated rings. The molecule has 0 saturated carbocycles. The number of aliphatic hydroxyl groups is 1. The molecule has 1 unspecified atom stereocenters. The lowest BCUT2D eigenvalue weighted by atomic mass is 9.94. The van der Waals surface area contributed by atoms with E-state index in [0.29, 0.717) is 66.0 Å². The first kappa shape index (κ1) is 26.5. The number of nitrogens with zero attached hydrogens (tertiary/aromatic N) is 3. The minimum absolute atomic E-state index is 0.0104. The van der Waals surface area contributed by atoms with E-state index in [1.165, 1.54) is 7.11 Å². The third kappa shape index (κ3) is 5.00. The first-order valence-electron chi connectivity index (χ1n) is 13.4. The molecule has 3 heterocycles. The lowest BCUT2D eigenvalue weighted by molar-refractivity contribution is -0.141. The standard InChI is InChI=1S/C30H30N4O7/c1-38-27(36)16-23(19-6-9-24-26(15-19)40-17-39-24)33-12-10-18-14-20(7-8-21(18)29(33)37)41-25-5-2-4-22-28(25)32-30(31)34(22)11-3-13-35/h2,4-9,14-15,23,35H,3,10-13,16-17H2,1H3,(H2,31,32). The van der Waals surface area contributed by atoms with Crippen LogP contribution in [0.2, 0.25) is 0 Å². The number of nitrogens with two attached hydrogens (primary N) is 1. The van der Waals surface area contributed by atoms with Gasteiger partial charge in [0.2, 0.25) is 12.7 Å². The first-order valence-corrected chi connectivity index (χ1v) is 13.4. The number of aliphatic hydroxyl groups excluding tert-OH is 1. The van der Waals surface area contributed by atoms with Crippen molar-refractivity contribution >= 4 is 28.9 Å². The van der Waals surface area contributed by atoms with E-state index in [4.69, 9.17) is 24.7 Å². The van der Waals surface area contributed by atoms with Gasteiger partial charge in [0.05, 0.1) is 25.1 Å². The zero-order valence-corrected chi connectivity index (χ0v) is 22.5. The van der Waals surface area contributed by atoms with Gasteiger partial charge in [-0.15, -0.1) is 0 Å². The number of esters is 1. The molecule has 3 N–H and O–H groups in total. The van der Waals surface area contributed by atoms with Gasteiger partial charge in [-0.2, -0.15) is 0 Å². The highest BCUT2D eigenvalue weighted by Crippen LogP contribution is 2.39. The zero-order chi connectivity index (χ0) is 28.5. The highest BCUT2D eigenvalue weighted by Gasteiger charge is 2.33. The quantitative estimate of drug-likeness (QED) is 0.294. The summed E-state index contributed by atoms with van der Waals surface area (Å²) in [5.74, 6) is 2.09. The van der Waals surface area contributed by atoms with Gasteiger partial charge in [0, 0.05) is 25.3 Å². The summed E-state index contributed by atoms with van der Waals surface area (Å²) in [5, 5.41) is 9.22. The molecule has 1 aromatic heterocycles. The number of carbonyl (C=O) groups excluding carboxylic acids is 2. The molecular weight excluding hydrogens is 528 g/mol. The van der Waals surface area contributed by atoms with Crippen LogP contribution in [0.1, 0.15) is 40.4 Å². The first-order chi connectivity index (χ1) is 20.0. The summed E-state index contributed by atoms with van der Waals surface area (Å²) in [6.45, 7) is 1.14. The number of nitrogen functional groups attached to an aromatic ring is 1. The molecule has 0 saturated heterocycles. The minimum Gasteiger partial charge on any atom is -0.469 e. The Labute approximate surface area is 236 Å². The third-order valence-corrected chi connectivity index (χ3v) is 7.47. The van der Waals surface area contributed by atoms with Gasteiger partial charge in [-0.05, 0) is 66.4 Å². The fourth-order valence-corrected chi connectivity index (χ4v) is 5.43. The summed E-state index contributed by atoms with van der Waals surface area (Å²) >= 11 is 0. The number of aromatic nitrogens is 2. The van der Waals surface area contributed by atoms with E-state index >= 15 is 0 Å². The Hall–Kier alpha value is -4.77. The molecule has 212 valence electrons. The summed E-state index contributed by atoms with van der Waals surface area (Å²) in [6.07, 6.45) is 1.15. The van der Waals surface area contributed by atoms with Crippen molar-refractivity contribution in [2.24, 2.45) is 0 Å². The van der Waals surface area contributed by atoms with Crippen LogP contribution in [0.3, 0.4) is 0 Å². The monoisotopic (exact) mass is 558 g/mol. The van der Waals surface area contributed by atoms with Crippen LogP contribution in [0.25, 0.3) is 11.0 Å². The number of amides is 1. The van der Waals surface area contributed by atoms with Crippen molar-refractivity contribution in [2.45, 2.75) is 31.8 Å². The van der Waals surface area contributed by atoms with Crippen LogP contribution in [0.5, 0.6) is 23.0 Å². The molecule has 1 atom stereocenters. The summed E-state index contributed by atoms with van der Waals surface area (Å²) in [6, 6.07) is 15.9. The SMILES string of the molecule is COC(=O)CC(c1ccc2c(c1)OCO2)N1CCc2cc(Oc3cccc4c3nc(N)n4CCCO)ccc2C1=O. The average Bonchev–Trinajstić information content (AvgIpc) is 3.58. The number of anilines is 1. The topological polar surface area (TPSA) is 138 Å². The Morgan fingerprint density at radius 2 is 2.00 bits per heavy atom. The van der Waals surface area contributed by atoms with E-state index in [0.717, 1.165) is 16.6 Å². The number of ether oxygens (including phenoxy) is 4. The molecule has 11 nitrogen and oxygen atoms in total. The Balaban J connectivity index is 1.26. The van der Waals surface area contributed by atoms with Gasteiger partial charge in [-0.1, -0.05) is 12.1 Å². The van der Waals surface area contributed by atoms with Crippen LogP contribution in [-0.4, -0.2) is 58.5 Å². The lowest BCUT2D eigenvalue weighted by Crippen LogP contribution is -2.41. The van der Waals surface area contributed by atoms with Crippen LogP contribution in [0.15, 0.2) is 54.6 Å². The normalized spacial score (nSPS) is 14.7. The van der Waals surface area contributed by atoms with Gasteiger partial charge < -0.3 is 39.3 Å². The number of benzene rings is 3. The number of para-hydroxylation sites is 1. The van der Waals surface area contributed by atoms with Crippen molar-refractivity contribution in [3.63, 3.8) is 0 Å². The fraction of sp³-hybridized carbons (Fsp3) is 0.300. The highest BCUT2D eigenvalue weighted by molar-refractivity contribution is 5.97. The van der Waals surface area contributed by atoms with E-state index in [2.05, 4.69) is 4.98 Å². The van der Waals surface area contributed by atoms with E-state index in [9.17, 15) is 14.7 Å². The molecular formula is C30H30N4O7. The molecule has 0 radical (unpaired) electrons. The number of aryl methyl sites for hydroxylation is 1. The van der Waals surface area contributed by atoms with Crippen molar-refractivity contribution in [3.05, 3.63) is 71.3 Å². The molecule has 1 amide bonds. The zero-order valence-electron chi connectivity index (χ0n) is 22.5. The van der Waals surface area contributed by atoms with Gasteiger partial charge in [-0.25, -0.2) is 4.98 Å². The summed E-state index contributed by atoms with van der Waals surface area (Å²) in [5.41, 5.74) is 9.75. The Morgan fingerprint density at radius 1 is 1.15 bits per heavy atom. The van der Waals surface area contributed by atoms with Crippen molar-refractivity contribution in [1.29, 1.82) is 0 Å². The number of carbonyl (C=O) groups is 2. The summed E-state index contributed by atoms with van der Waals surface area (Å²) in [4.78, 5) is 32.3. The van der Waals surface area contributed by atoms with Crippen molar-refractivity contribution in [2.75, 3.05) is 32.8 Å². The van der Waals surface area contributed by atoms with Crippen LogP contribution in [0, 0.1) is 0 Å². The van der Waals surface area contributed by atoms with Crippen molar-refractivity contribution in [1.82, 2.24) is 14.5 Å². The van der Waals surface area contributed by atoms with Gasteiger partial charge in [-0.3, -0.25) is 9.59 Å². The van der Waals surface area contributed by atoms with Crippen LogP contribution in [-0.2, 0) is 22.5 Å². The number of fused-ring (bicyclic) bond motifs is 3. The number of hydrogen-bond acceptors (Lipinski definition) is 9. The molecule has 2 aliphatic rings. The maximum atomic E-state index is 13.7. The summed E-state index contributed by atoms with van der Waals surface area (Å²) < 4.78 is 24.0. The molecule has 41 heavy (non-hydrogen) atoms. The molecule has 2 aliphatic heterocycles. The second kappa shape index (κ2) is 11.0.